The number of pyridine rings is 1. The minimum absolute atomic E-state index is 0.0108. The average molecular weight is 1110 g/mol. The Bertz CT molecular complexity index is 4590. The molecule has 0 bridgehead atoms. The number of benzene rings is 8. The van der Waals surface area contributed by atoms with E-state index in [0.29, 0.717) is 22.6 Å². The Morgan fingerprint density at radius 1 is 0.535 bits per heavy atom. The van der Waals surface area contributed by atoms with E-state index >= 15 is 0 Å². The van der Waals surface area contributed by atoms with Crippen molar-refractivity contribution in [2.24, 2.45) is 0 Å². The summed E-state index contributed by atoms with van der Waals surface area (Å²) in [6.45, 7) is 8.35. The second kappa shape index (κ2) is 15.7. The van der Waals surface area contributed by atoms with Gasteiger partial charge in [-0.3, -0.25) is 0 Å². The van der Waals surface area contributed by atoms with E-state index in [-0.39, 0.29) is 33.5 Å². The Labute approximate surface area is 432 Å². The Balaban J connectivity index is 1.02. The maximum absolute atomic E-state index is 8.79. The SMILES string of the molecule is [2H]C([2H])([2H])c1ccc(-n2[c](=[Pt])n(-c3cc(C(C)(C)C)cc(C(C)(C)C)c3)c3ccccc32)[c-]c1Oc1[c-]c2c(cc1)c1cc3c4cccc5c6ccccc6n(c3cc1n2-c1cc(C([2H])([2H])[2H])c(-c2ccccc2)cn1)c54. The monoisotopic (exact) mass is 1110 g/mol. The average Bonchev–Trinajstić information content (AvgIpc) is 4.23. The molecule has 0 amide bonds. The molecule has 0 aliphatic carbocycles. The van der Waals surface area contributed by atoms with Gasteiger partial charge in [-0.2, -0.15) is 0 Å². The summed E-state index contributed by atoms with van der Waals surface area (Å²) in [7, 11) is 0. The number of para-hydroxylation sites is 4. The molecule has 8 aromatic carbocycles. The molecule has 0 unspecified atom stereocenters. The van der Waals surface area contributed by atoms with Crippen LogP contribution in [0.4, 0.5) is 0 Å². The maximum atomic E-state index is 8.79. The molecule has 0 aliphatic heterocycles. The van der Waals surface area contributed by atoms with Crippen molar-refractivity contribution in [3.63, 3.8) is 0 Å². The molecule has 0 saturated carbocycles. The van der Waals surface area contributed by atoms with Gasteiger partial charge in [-0.15, -0.1) is 0 Å². The Kier molecular flexibility index (Phi) is 8.27. The number of hydrogen-bond acceptors (Lipinski definition) is 2. The van der Waals surface area contributed by atoms with Crippen molar-refractivity contribution in [2.75, 3.05) is 0 Å². The first-order chi connectivity index (χ1) is 36.6. The number of ether oxygens (including phenoxy) is 1. The van der Waals surface area contributed by atoms with Gasteiger partial charge in [-0.25, -0.2) is 0 Å². The van der Waals surface area contributed by atoms with Crippen LogP contribution in [0.5, 0.6) is 11.5 Å². The first-order valence-electron chi connectivity index (χ1n) is 26.9. The van der Waals surface area contributed by atoms with Crippen LogP contribution in [0.2, 0.25) is 0 Å². The van der Waals surface area contributed by atoms with E-state index in [1.807, 2.05) is 53.1 Å². The van der Waals surface area contributed by atoms with Crippen LogP contribution in [0.15, 0.2) is 164 Å². The van der Waals surface area contributed by atoms with Crippen molar-refractivity contribution in [3.8, 4) is 39.8 Å². The van der Waals surface area contributed by atoms with E-state index in [9.17, 15) is 0 Å². The zero-order valence-electron chi connectivity index (χ0n) is 46.0. The van der Waals surface area contributed by atoms with Crippen LogP contribution >= 0.6 is 0 Å². The van der Waals surface area contributed by atoms with E-state index in [1.165, 1.54) is 16.5 Å². The molecular formula is C64H51N5OPt-2. The predicted octanol–water partition coefficient (Wildman–Crippen LogP) is 16.4. The standard InChI is InChI=1S/C64H51N5O.Pt/c1-39-25-26-44(66-38-67(56-24-15-14-23-55(56)66)45-31-42(63(3,4)5)30-43(32-45)64(6,7)8)33-60(39)70-46-27-28-48-51-35-52-50-21-16-20-49-47-19-12-13-22-54(47)69(62(49)50)59(52)36-58(51)68(57(48)34-46)61-29-40(2)53(37-65-61)41-17-10-9-11-18-41;/h9-32,35-37H,1-8H3;/q-2;/i1D3,2D3;. The molecule has 0 spiro atoms. The minimum Gasteiger partial charge on any atom is -0.0622 e. The third kappa shape index (κ3) is 6.79. The fourth-order valence-corrected chi connectivity index (χ4v) is 11.6. The molecular weight excluding hydrogens is 1050 g/mol. The van der Waals surface area contributed by atoms with Gasteiger partial charge in [0.25, 0.3) is 0 Å². The van der Waals surface area contributed by atoms with Crippen molar-refractivity contribution in [2.45, 2.75) is 66.1 Å². The fraction of sp³-hybridized carbons (Fsp3) is 0.156. The molecule has 13 aromatic rings. The zero-order valence-corrected chi connectivity index (χ0v) is 42.3. The quantitative estimate of drug-likeness (QED) is 0.156. The van der Waals surface area contributed by atoms with Gasteiger partial charge < -0.3 is 4.40 Å². The molecule has 5 heterocycles. The summed E-state index contributed by atoms with van der Waals surface area (Å²) in [4.78, 5) is 5.04. The number of fused-ring (bicyclic) bond motifs is 10. The molecule has 350 valence electrons. The summed E-state index contributed by atoms with van der Waals surface area (Å²) in [6.07, 6.45) is 1.64. The molecule has 71 heavy (non-hydrogen) atoms. The summed E-state index contributed by atoms with van der Waals surface area (Å²) in [6, 6.07) is 59.5. The van der Waals surface area contributed by atoms with E-state index in [4.69, 9.17) is 17.9 Å². The zero-order chi connectivity index (χ0) is 53.7. The van der Waals surface area contributed by atoms with Crippen molar-refractivity contribution in [3.05, 3.63) is 202 Å². The molecule has 13 rings (SSSR count). The summed E-state index contributed by atoms with van der Waals surface area (Å²) in [5.41, 5.74) is 11.7. The van der Waals surface area contributed by atoms with E-state index in [2.05, 4.69) is 171 Å². The summed E-state index contributed by atoms with van der Waals surface area (Å²) < 4.78 is 68.8. The molecule has 0 aliphatic rings. The van der Waals surface area contributed by atoms with Gasteiger partial charge in [0, 0.05) is 37.4 Å². The van der Waals surface area contributed by atoms with Crippen LogP contribution in [0.1, 0.15) is 72.0 Å². The predicted molar refractivity (Wildman–Crippen MR) is 289 cm³/mol. The molecule has 0 atom stereocenters. The molecule has 0 radical (unpaired) electrons. The third-order valence-corrected chi connectivity index (χ3v) is 15.2. The van der Waals surface area contributed by atoms with Gasteiger partial charge >= 0.3 is 285 Å². The van der Waals surface area contributed by atoms with Gasteiger partial charge in [0.05, 0.1) is 16.6 Å². The number of hydrogen-bond donors (Lipinski definition) is 0. The summed E-state index contributed by atoms with van der Waals surface area (Å²) >= 11 is 2.36. The topological polar surface area (TPSA) is 41.3 Å². The Hall–Kier alpha value is -7.53. The van der Waals surface area contributed by atoms with Crippen LogP contribution in [-0.2, 0) is 30.2 Å². The van der Waals surface area contributed by atoms with Crippen molar-refractivity contribution in [1.29, 1.82) is 0 Å². The molecule has 0 fully saturated rings. The van der Waals surface area contributed by atoms with Crippen LogP contribution in [0.25, 0.3) is 99.3 Å². The van der Waals surface area contributed by atoms with Crippen LogP contribution in [-0.4, -0.2) is 23.1 Å². The fourth-order valence-electron chi connectivity index (χ4n) is 10.5. The van der Waals surface area contributed by atoms with Gasteiger partial charge in [0.1, 0.15) is 0 Å². The number of nitrogens with zero attached hydrogens (tertiary/aromatic N) is 5. The van der Waals surface area contributed by atoms with Crippen LogP contribution < -0.4 is 4.74 Å². The van der Waals surface area contributed by atoms with Crippen molar-refractivity contribution < 1.29 is 32.3 Å². The number of aromatic nitrogens is 5. The first-order valence-corrected chi connectivity index (χ1v) is 25.0. The van der Waals surface area contributed by atoms with Gasteiger partial charge in [0.2, 0.25) is 0 Å². The van der Waals surface area contributed by atoms with Gasteiger partial charge in [-0.05, 0) is 24.0 Å². The smallest absolute Gasteiger partial charge is 0.0622 e. The van der Waals surface area contributed by atoms with E-state index in [0.717, 1.165) is 75.1 Å². The Morgan fingerprint density at radius 3 is 1.93 bits per heavy atom. The number of imidazole rings is 1. The molecule has 7 heteroatoms. The molecule has 0 N–H and O–H groups in total. The second-order valence-electron chi connectivity index (χ2n) is 20.7. The van der Waals surface area contributed by atoms with Crippen molar-refractivity contribution in [1.82, 2.24) is 23.1 Å². The third-order valence-electron chi connectivity index (χ3n) is 14.2. The van der Waals surface area contributed by atoms with Crippen molar-refractivity contribution >= 4 is 70.9 Å². The minimum atomic E-state index is -2.56. The van der Waals surface area contributed by atoms with Crippen LogP contribution in [0.3, 0.4) is 0 Å². The normalized spacial score (nSPS) is 14.2. The van der Waals surface area contributed by atoms with E-state index < -0.39 is 13.7 Å². The first kappa shape index (κ1) is 37.3. The van der Waals surface area contributed by atoms with Gasteiger partial charge in [0.15, 0.2) is 0 Å². The Morgan fingerprint density at radius 2 is 1.20 bits per heavy atom. The molecule has 6 nitrogen and oxygen atoms in total. The van der Waals surface area contributed by atoms with Crippen LogP contribution in [0, 0.1) is 29.6 Å². The molecule has 5 aromatic heterocycles. The second-order valence-corrected chi connectivity index (χ2v) is 21.7. The summed E-state index contributed by atoms with van der Waals surface area (Å²) in [5.74, 6) is 0.647. The molecule has 0 saturated heterocycles. The van der Waals surface area contributed by atoms with Gasteiger partial charge in [-0.1, -0.05) is 66.7 Å². The van der Waals surface area contributed by atoms with E-state index in [1.54, 1.807) is 30.5 Å². The number of aryl methyl sites for hydroxylation is 2. The number of rotatable bonds is 6. The summed E-state index contributed by atoms with van der Waals surface area (Å²) in [5, 5.41) is 6.23.